The van der Waals surface area contributed by atoms with Gasteiger partial charge in [-0.25, -0.2) is 4.98 Å². The second-order valence-electron chi connectivity index (χ2n) is 7.17. The summed E-state index contributed by atoms with van der Waals surface area (Å²) in [6.45, 7) is 9.06. The number of aliphatic imine (C=N–C) groups is 1. The first-order chi connectivity index (χ1) is 14.9. The molecule has 0 radical (unpaired) electrons. The van der Waals surface area contributed by atoms with Crippen LogP contribution in [-0.4, -0.2) is 68.3 Å². The van der Waals surface area contributed by atoms with Crippen molar-refractivity contribution in [1.29, 1.82) is 0 Å². The molecule has 1 unspecified atom stereocenters. The first-order valence-corrected chi connectivity index (χ1v) is 11.8. The zero-order valence-corrected chi connectivity index (χ0v) is 18.7. The van der Waals surface area contributed by atoms with Crippen molar-refractivity contribution in [1.82, 2.24) is 20.5 Å². The van der Waals surface area contributed by atoms with E-state index in [0.717, 1.165) is 77.1 Å². The Bertz CT molecular complexity index is 718. The fourth-order valence-corrected chi connectivity index (χ4v) is 4.27. The highest BCUT2D eigenvalue weighted by molar-refractivity contribution is 7.10. The number of morpholine rings is 1. The number of rotatable bonds is 11. The molecule has 0 aliphatic carbocycles. The first kappa shape index (κ1) is 22.5. The fourth-order valence-electron chi connectivity index (χ4n) is 3.42. The summed E-state index contributed by atoms with van der Waals surface area (Å²) in [5, 5.41) is 12.4. The molecule has 0 spiro atoms. The summed E-state index contributed by atoms with van der Waals surface area (Å²) in [5.41, 5.74) is 0. The van der Waals surface area contributed by atoms with Gasteiger partial charge in [0, 0.05) is 43.8 Å². The molecule has 1 aliphatic rings. The molecule has 3 N–H and O–H groups in total. The van der Waals surface area contributed by atoms with Crippen molar-refractivity contribution in [2.45, 2.75) is 25.8 Å². The second-order valence-corrected chi connectivity index (χ2v) is 8.15. The molecule has 7 nitrogen and oxygen atoms in total. The quantitative estimate of drug-likeness (QED) is 0.289. The van der Waals surface area contributed by atoms with Crippen molar-refractivity contribution < 1.29 is 4.74 Å². The third-order valence-electron chi connectivity index (χ3n) is 4.99. The summed E-state index contributed by atoms with van der Waals surface area (Å²) in [6, 6.07) is 10.6. The number of thiophene rings is 1. The second kappa shape index (κ2) is 13.2. The van der Waals surface area contributed by atoms with Crippen molar-refractivity contribution in [2.75, 3.05) is 57.8 Å². The van der Waals surface area contributed by atoms with Crippen molar-refractivity contribution in [3.05, 3.63) is 46.8 Å². The van der Waals surface area contributed by atoms with Crippen molar-refractivity contribution in [2.24, 2.45) is 4.99 Å². The number of guanidine groups is 1. The number of ether oxygens (including phenoxy) is 1. The van der Waals surface area contributed by atoms with Gasteiger partial charge in [-0.3, -0.25) is 9.89 Å². The Morgan fingerprint density at radius 3 is 2.77 bits per heavy atom. The number of aromatic nitrogens is 1. The van der Waals surface area contributed by atoms with Gasteiger partial charge in [-0.1, -0.05) is 12.1 Å². The minimum atomic E-state index is 0.312. The molecule has 2 aromatic rings. The molecule has 2 aromatic heterocycles. The lowest BCUT2D eigenvalue weighted by atomic mass is 10.2. The molecule has 0 amide bonds. The third kappa shape index (κ3) is 7.59. The Kier molecular flexibility index (Phi) is 9.91. The predicted molar refractivity (Wildman–Crippen MR) is 125 cm³/mol. The van der Waals surface area contributed by atoms with E-state index in [4.69, 9.17) is 9.73 Å². The molecule has 30 heavy (non-hydrogen) atoms. The van der Waals surface area contributed by atoms with E-state index in [-0.39, 0.29) is 0 Å². The molecule has 0 saturated carbocycles. The Morgan fingerprint density at radius 1 is 1.17 bits per heavy atom. The van der Waals surface area contributed by atoms with E-state index in [1.807, 2.05) is 35.7 Å². The summed E-state index contributed by atoms with van der Waals surface area (Å²) >= 11 is 1.81. The van der Waals surface area contributed by atoms with E-state index in [1.165, 1.54) is 4.88 Å². The predicted octanol–water partition coefficient (Wildman–Crippen LogP) is 2.96. The molecule has 3 rings (SSSR count). The topological polar surface area (TPSA) is 73.8 Å². The van der Waals surface area contributed by atoms with E-state index in [9.17, 15) is 0 Å². The van der Waals surface area contributed by atoms with Gasteiger partial charge in [-0.15, -0.1) is 11.3 Å². The van der Waals surface area contributed by atoms with Crippen LogP contribution in [0.2, 0.25) is 0 Å². The van der Waals surface area contributed by atoms with Gasteiger partial charge in [0.15, 0.2) is 5.96 Å². The van der Waals surface area contributed by atoms with E-state index in [2.05, 4.69) is 50.3 Å². The van der Waals surface area contributed by atoms with Gasteiger partial charge < -0.3 is 20.7 Å². The molecule has 0 bridgehead atoms. The molecular weight excluding hydrogens is 396 g/mol. The zero-order chi connectivity index (χ0) is 20.9. The lowest BCUT2D eigenvalue weighted by Gasteiger charge is -2.33. The van der Waals surface area contributed by atoms with Crippen LogP contribution in [0.3, 0.4) is 0 Å². The SMILES string of the molecule is CCNC(=NCC(c1cccs1)N1CCOCC1)NCCCCNc1ccccn1. The molecule has 1 aliphatic heterocycles. The van der Waals surface area contributed by atoms with Crippen LogP contribution < -0.4 is 16.0 Å². The average Bonchev–Trinajstić information content (AvgIpc) is 3.32. The monoisotopic (exact) mass is 430 g/mol. The summed E-state index contributed by atoms with van der Waals surface area (Å²) in [6.07, 6.45) is 3.96. The maximum atomic E-state index is 5.54. The van der Waals surface area contributed by atoms with Crippen molar-refractivity contribution in [3.8, 4) is 0 Å². The Morgan fingerprint density at radius 2 is 2.03 bits per heavy atom. The highest BCUT2D eigenvalue weighted by atomic mass is 32.1. The molecule has 8 heteroatoms. The van der Waals surface area contributed by atoms with Gasteiger partial charge in [-0.2, -0.15) is 0 Å². The van der Waals surface area contributed by atoms with Gasteiger partial charge in [0.25, 0.3) is 0 Å². The van der Waals surface area contributed by atoms with Gasteiger partial charge in [0.2, 0.25) is 0 Å². The maximum Gasteiger partial charge on any atom is 0.191 e. The van der Waals surface area contributed by atoms with Crippen LogP contribution in [0.4, 0.5) is 5.82 Å². The lowest BCUT2D eigenvalue weighted by molar-refractivity contribution is 0.0186. The Hall–Kier alpha value is -2.16. The van der Waals surface area contributed by atoms with Gasteiger partial charge in [0.1, 0.15) is 5.82 Å². The van der Waals surface area contributed by atoms with Crippen LogP contribution in [0.25, 0.3) is 0 Å². The minimum Gasteiger partial charge on any atom is -0.379 e. The largest absolute Gasteiger partial charge is 0.379 e. The molecular formula is C22H34N6OS. The van der Waals surface area contributed by atoms with Crippen molar-refractivity contribution >= 4 is 23.1 Å². The summed E-state index contributed by atoms with van der Waals surface area (Å²) in [5.74, 6) is 1.83. The highest BCUT2D eigenvalue weighted by Crippen LogP contribution is 2.26. The zero-order valence-electron chi connectivity index (χ0n) is 17.8. The Balaban J connectivity index is 1.45. The van der Waals surface area contributed by atoms with Crippen LogP contribution in [0.15, 0.2) is 46.9 Å². The van der Waals surface area contributed by atoms with E-state index < -0.39 is 0 Å². The van der Waals surface area contributed by atoms with Crippen LogP contribution in [0.1, 0.15) is 30.7 Å². The lowest BCUT2D eigenvalue weighted by Crippen LogP contribution is -2.41. The standard InChI is InChI=1S/C22H34N6OS/c1-2-23-22(26-12-6-5-11-25-21-9-3-4-10-24-21)27-18-19(20-8-7-17-30-20)28-13-15-29-16-14-28/h3-4,7-10,17,19H,2,5-6,11-16,18H2,1H3,(H,24,25)(H2,23,26,27). The van der Waals surface area contributed by atoms with Crippen LogP contribution >= 0.6 is 11.3 Å². The summed E-state index contributed by atoms with van der Waals surface area (Å²) in [4.78, 5) is 13.1. The molecule has 1 fully saturated rings. The van der Waals surface area contributed by atoms with Crippen molar-refractivity contribution in [3.63, 3.8) is 0 Å². The summed E-state index contributed by atoms with van der Waals surface area (Å²) in [7, 11) is 0. The Labute approximate surface area is 184 Å². The number of nitrogens with one attached hydrogen (secondary N) is 3. The van der Waals surface area contributed by atoms with Gasteiger partial charge in [-0.05, 0) is 43.3 Å². The number of unbranched alkanes of at least 4 members (excludes halogenated alkanes) is 1. The number of anilines is 1. The highest BCUT2D eigenvalue weighted by Gasteiger charge is 2.23. The number of pyridine rings is 1. The summed E-state index contributed by atoms with van der Waals surface area (Å²) < 4.78 is 5.54. The smallest absolute Gasteiger partial charge is 0.191 e. The van der Waals surface area contributed by atoms with Gasteiger partial charge in [0.05, 0.1) is 25.8 Å². The number of nitrogens with zero attached hydrogens (tertiary/aromatic N) is 3. The normalized spacial score (nSPS) is 16.2. The minimum absolute atomic E-state index is 0.312. The average molecular weight is 431 g/mol. The van der Waals surface area contributed by atoms with Crippen LogP contribution in [0, 0.1) is 0 Å². The fraction of sp³-hybridized carbons (Fsp3) is 0.545. The number of hydrogen-bond donors (Lipinski definition) is 3. The first-order valence-electron chi connectivity index (χ1n) is 10.9. The molecule has 1 saturated heterocycles. The molecule has 0 aromatic carbocycles. The maximum absolute atomic E-state index is 5.54. The molecule has 164 valence electrons. The van der Waals surface area contributed by atoms with E-state index in [0.29, 0.717) is 6.04 Å². The molecule has 3 heterocycles. The third-order valence-corrected chi connectivity index (χ3v) is 5.97. The van der Waals surface area contributed by atoms with Gasteiger partial charge >= 0.3 is 0 Å². The number of hydrogen-bond acceptors (Lipinski definition) is 6. The van der Waals surface area contributed by atoms with Crippen LogP contribution in [0.5, 0.6) is 0 Å². The molecule has 1 atom stereocenters. The van der Waals surface area contributed by atoms with E-state index >= 15 is 0 Å². The van der Waals surface area contributed by atoms with E-state index in [1.54, 1.807) is 0 Å². The van der Waals surface area contributed by atoms with Crippen LogP contribution in [-0.2, 0) is 4.74 Å².